The van der Waals surface area contributed by atoms with E-state index in [-0.39, 0.29) is 17.0 Å². The molecule has 3 aromatic carbocycles. The Kier molecular flexibility index (Phi) is 6.43. The van der Waals surface area contributed by atoms with E-state index < -0.39 is 0 Å². The average molecular weight is 454 g/mol. The van der Waals surface area contributed by atoms with Crippen molar-refractivity contribution >= 4 is 33.5 Å². The summed E-state index contributed by atoms with van der Waals surface area (Å²) in [5, 5.41) is 13.5. The van der Waals surface area contributed by atoms with Crippen LogP contribution in [0.3, 0.4) is 0 Å². The Bertz CT molecular complexity index is 1340. The Balaban J connectivity index is 1.60. The van der Waals surface area contributed by atoms with E-state index in [0.717, 1.165) is 29.0 Å². The number of hydrogen-bond donors (Lipinski definition) is 2. The van der Waals surface area contributed by atoms with Gasteiger partial charge in [0.05, 0.1) is 5.69 Å². The summed E-state index contributed by atoms with van der Waals surface area (Å²) in [5.74, 6) is 1.29. The number of ketones is 1. The van der Waals surface area contributed by atoms with E-state index in [9.17, 15) is 10.1 Å². The van der Waals surface area contributed by atoms with Gasteiger partial charge in [-0.05, 0) is 61.4 Å². The number of nitrogens with zero attached hydrogens (tertiary/aromatic N) is 1. The Morgan fingerprint density at radius 3 is 2.42 bits per heavy atom. The Morgan fingerprint density at radius 1 is 1.06 bits per heavy atom. The summed E-state index contributed by atoms with van der Waals surface area (Å²) in [6, 6.07) is 24.9. The van der Waals surface area contributed by atoms with Gasteiger partial charge in [0.1, 0.15) is 33.0 Å². The van der Waals surface area contributed by atoms with Gasteiger partial charge in [0.2, 0.25) is 5.78 Å². The van der Waals surface area contributed by atoms with Gasteiger partial charge in [0.25, 0.3) is 0 Å². The number of thiophene rings is 1. The first-order chi connectivity index (χ1) is 16.0. The largest absolute Gasteiger partial charge is 0.457 e. The summed E-state index contributed by atoms with van der Waals surface area (Å²) in [4.78, 5) is 13.7. The molecule has 0 saturated carbocycles. The molecule has 6 heteroatoms. The summed E-state index contributed by atoms with van der Waals surface area (Å²) in [7, 11) is 0. The maximum absolute atomic E-state index is 13.3. The zero-order chi connectivity index (χ0) is 23.4. The van der Waals surface area contributed by atoms with E-state index in [0.29, 0.717) is 21.2 Å². The van der Waals surface area contributed by atoms with E-state index >= 15 is 0 Å². The number of nitriles is 1. The van der Waals surface area contributed by atoms with Crippen molar-refractivity contribution in [2.75, 3.05) is 11.1 Å². The molecule has 0 unspecified atom stereocenters. The molecule has 5 nitrogen and oxygen atoms in total. The number of ether oxygens (including phenoxy) is 1. The second-order valence-corrected chi connectivity index (χ2v) is 8.59. The zero-order valence-corrected chi connectivity index (χ0v) is 19.2. The van der Waals surface area contributed by atoms with Crippen molar-refractivity contribution in [3.05, 3.63) is 99.9 Å². The van der Waals surface area contributed by atoms with Crippen molar-refractivity contribution in [1.82, 2.24) is 0 Å². The first kappa shape index (κ1) is 22.1. The van der Waals surface area contributed by atoms with Crippen LogP contribution >= 0.6 is 11.3 Å². The molecule has 0 atom stereocenters. The predicted octanol–water partition coefficient (Wildman–Crippen LogP) is 6.84. The third kappa shape index (κ3) is 4.74. The zero-order valence-electron chi connectivity index (χ0n) is 18.4. The summed E-state index contributed by atoms with van der Waals surface area (Å²) >= 11 is 1.20. The van der Waals surface area contributed by atoms with E-state index in [2.05, 4.69) is 11.4 Å². The molecule has 0 fully saturated rings. The van der Waals surface area contributed by atoms with Gasteiger partial charge < -0.3 is 15.8 Å². The molecule has 0 saturated heterocycles. The van der Waals surface area contributed by atoms with Crippen LogP contribution in [0, 0.1) is 18.3 Å². The van der Waals surface area contributed by atoms with Crippen molar-refractivity contribution in [1.29, 1.82) is 5.26 Å². The Morgan fingerprint density at radius 2 is 1.76 bits per heavy atom. The Hall–Kier alpha value is -4.08. The van der Waals surface area contributed by atoms with Crippen LogP contribution in [0.25, 0.3) is 0 Å². The van der Waals surface area contributed by atoms with E-state index in [1.165, 1.54) is 11.3 Å². The first-order valence-electron chi connectivity index (χ1n) is 10.6. The second-order valence-electron chi connectivity index (χ2n) is 7.57. The van der Waals surface area contributed by atoms with Crippen molar-refractivity contribution in [3.63, 3.8) is 0 Å². The number of anilines is 3. The van der Waals surface area contributed by atoms with Crippen LogP contribution in [0.1, 0.15) is 38.8 Å². The van der Waals surface area contributed by atoms with Gasteiger partial charge in [-0.1, -0.05) is 42.8 Å². The number of benzene rings is 3. The molecular formula is C27H23N3O2S. The third-order valence-corrected chi connectivity index (χ3v) is 6.36. The maximum atomic E-state index is 13.3. The third-order valence-electron chi connectivity index (χ3n) is 5.25. The van der Waals surface area contributed by atoms with Gasteiger partial charge in [-0.3, -0.25) is 4.79 Å². The number of nitrogens with two attached hydrogens (primary N) is 1. The fraction of sp³-hybridized carbons (Fsp3) is 0.111. The van der Waals surface area contributed by atoms with Crippen LogP contribution in [0.4, 0.5) is 16.4 Å². The minimum absolute atomic E-state index is 0.158. The monoisotopic (exact) mass is 453 g/mol. The molecular weight excluding hydrogens is 430 g/mol. The lowest BCUT2D eigenvalue weighted by atomic mass is 9.98. The lowest BCUT2D eigenvalue weighted by molar-refractivity contribution is 0.104. The second kappa shape index (κ2) is 9.60. The molecule has 4 aromatic rings. The van der Waals surface area contributed by atoms with E-state index in [4.69, 9.17) is 10.5 Å². The van der Waals surface area contributed by atoms with Gasteiger partial charge in [-0.15, -0.1) is 11.3 Å². The average Bonchev–Trinajstić information content (AvgIpc) is 3.15. The quantitative estimate of drug-likeness (QED) is 0.299. The summed E-state index contributed by atoms with van der Waals surface area (Å²) in [6.07, 6.45) is 0.736. The number of hydrogen-bond acceptors (Lipinski definition) is 6. The molecule has 33 heavy (non-hydrogen) atoms. The number of para-hydroxylation sites is 1. The maximum Gasteiger partial charge on any atom is 0.205 e. The predicted molar refractivity (Wildman–Crippen MR) is 134 cm³/mol. The minimum Gasteiger partial charge on any atom is -0.457 e. The SMILES string of the molecule is CCc1ccc(C)cc1C(=O)c1sc(Nc2ccc(Oc3ccccc3)cc2)c(C#N)c1N. The lowest BCUT2D eigenvalue weighted by Gasteiger charge is -2.08. The molecule has 0 bridgehead atoms. The van der Waals surface area contributed by atoms with Crippen molar-refractivity contribution in [2.24, 2.45) is 0 Å². The topological polar surface area (TPSA) is 88.1 Å². The Labute approximate surface area is 197 Å². The number of nitrogen functional groups attached to an aromatic ring is 1. The molecule has 0 radical (unpaired) electrons. The van der Waals surface area contributed by atoms with Gasteiger partial charge in [0, 0.05) is 11.3 Å². The number of rotatable bonds is 7. The number of carbonyl (C=O) groups is 1. The first-order valence-corrected chi connectivity index (χ1v) is 11.4. The molecule has 164 valence electrons. The standard InChI is InChI=1S/C27H23N3O2S/c1-3-18-10-9-17(2)15-22(18)25(31)26-24(29)23(16-28)27(33-26)30-19-11-13-21(14-12-19)32-20-7-5-4-6-8-20/h4-15,30H,3,29H2,1-2H3. The highest BCUT2D eigenvalue weighted by Gasteiger charge is 2.24. The van der Waals surface area contributed by atoms with Gasteiger partial charge in [-0.2, -0.15) is 5.26 Å². The molecule has 0 aliphatic rings. The van der Waals surface area contributed by atoms with E-state index in [1.807, 2.05) is 86.6 Å². The molecule has 0 amide bonds. The molecule has 3 N–H and O–H groups in total. The normalized spacial score (nSPS) is 10.5. The minimum atomic E-state index is -0.158. The van der Waals surface area contributed by atoms with Crippen LogP contribution in [0.15, 0.2) is 72.8 Å². The van der Waals surface area contributed by atoms with Crippen LogP contribution < -0.4 is 15.8 Å². The van der Waals surface area contributed by atoms with Crippen molar-refractivity contribution in [2.45, 2.75) is 20.3 Å². The van der Waals surface area contributed by atoms with Crippen LogP contribution in [-0.4, -0.2) is 5.78 Å². The summed E-state index contributed by atoms with van der Waals surface area (Å²) in [5.41, 5.74) is 10.1. The van der Waals surface area contributed by atoms with Crippen LogP contribution in [0.5, 0.6) is 11.5 Å². The van der Waals surface area contributed by atoms with Crippen molar-refractivity contribution < 1.29 is 9.53 Å². The van der Waals surface area contributed by atoms with E-state index in [1.54, 1.807) is 0 Å². The number of nitrogens with one attached hydrogen (secondary N) is 1. The number of aryl methyl sites for hydroxylation is 2. The van der Waals surface area contributed by atoms with Crippen LogP contribution in [-0.2, 0) is 6.42 Å². The fourth-order valence-electron chi connectivity index (χ4n) is 3.51. The molecule has 4 rings (SSSR count). The van der Waals surface area contributed by atoms with Crippen LogP contribution in [0.2, 0.25) is 0 Å². The highest BCUT2D eigenvalue weighted by Crippen LogP contribution is 2.39. The highest BCUT2D eigenvalue weighted by molar-refractivity contribution is 7.19. The summed E-state index contributed by atoms with van der Waals surface area (Å²) < 4.78 is 5.82. The van der Waals surface area contributed by atoms with Gasteiger partial charge >= 0.3 is 0 Å². The molecule has 1 aromatic heterocycles. The van der Waals surface area contributed by atoms with Crippen molar-refractivity contribution in [3.8, 4) is 17.6 Å². The summed E-state index contributed by atoms with van der Waals surface area (Å²) in [6.45, 7) is 3.96. The smallest absolute Gasteiger partial charge is 0.205 e. The van der Waals surface area contributed by atoms with Gasteiger partial charge in [0.15, 0.2) is 0 Å². The number of carbonyl (C=O) groups excluding carboxylic acids is 1. The molecule has 0 aliphatic carbocycles. The fourth-order valence-corrected chi connectivity index (χ4v) is 4.55. The highest BCUT2D eigenvalue weighted by atomic mass is 32.1. The molecule has 0 aliphatic heterocycles. The molecule has 0 spiro atoms. The van der Waals surface area contributed by atoms with Gasteiger partial charge in [-0.25, -0.2) is 0 Å². The molecule has 1 heterocycles. The lowest BCUT2D eigenvalue weighted by Crippen LogP contribution is -2.06.